The third kappa shape index (κ3) is 4.88. The molecule has 1 aliphatic rings. The highest BCUT2D eigenvalue weighted by Crippen LogP contribution is 2.25. The fourth-order valence-corrected chi connectivity index (χ4v) is 3.51. The third-order valence-corrected chi connectivity index (χ3v) is 5.11. The fourth-order valence-electron chi connectivity index (χ4n) is 3.31. The molecule has 4 nitrogen and oxygen atoms in total. The molecule has 0 bridgehead atoms. The van der Waals surface area contributed by atoms with Crippen molar-refractivity contribution >= 4 is 28.7 Å². The van der Waals surface area contributed by atoms with Crippen LogP contribution in [0.2, 0.25) is 0 Å². The average Bonchev–Trinajstić information content (AvgIpc) is 3.15. The minimum Gasteiger partial charge on any atom is -0.497 e. The number of nitrogens with one attached hydrogen (secondary N) is 2. The van der Waals surface area contributed by atoms with E-state index in [0.717, 1.165) is 37.5 Å². The number of ether oxygens (including phenoxy) is 1. The van der Waals surface area contributed by atoms with Crippen LogP contribution in [-0.2, 0) is 6.42 Å². The Morgan fingerprint density at radius 3 is 2.77 bits per heavy atom. The molecule has 0 saturated carbocycles. The van der Waals surface area contributed by atoms with Gasteiger partial charge < -0.3 is 20.3 Å². The molecule has 1 saturated heterocycles. The van der Waals surface area contributed by atoms with Crippen LogP contribution in [0.25, 0.3) is 0 Å². The van der Waals surface area contributed by atoms with Crippen LogP contribution in [0.15, 0.2) is 48.5 Å². The number of rotatable bonds is 6. The summed E-state index contributed by atoms with van der Waals surface area (Å²) in [4.78, 5) is 2.42. The van der Waals surface area contributed by atoms with Crippen LogP contribution >= 0.6 is 12.2 Å². The maximum atomic E-state index is 5.45. The standard InChI is InChI=1S/C21H27N3OS/c1-3-16-5-4-6-18(13-16)23-21(26)22-14-17-11-12-24(15-17)19-7-9-20(25-2)10-8-19/h4-10,13,17H,3,11-12,14-15H2,1-2H3,(H2,22,23,26)/t17-/m1/s1. The van der Waals surface area contributed by atoms with E-state index < -0.39 is 0 Å². The summed E-state index contributed by atoms with van der Waals surface area (Å²) in [6.07, 6.45) is 2.20. The molecule has 0 radical (unpaired) electrons. The Hall–Kier alpha value is -2.27. The van der Waals surface area contributed by atoms with Crippen LogP contribution in [0.5, 0.6) is 5.75 Å². The second kappa shape index (κ2) is 8.90. The van der Waals surface area contributed by atoms with Crippen molar-refractivity contribution in [2.24, 2.45) is 5.92 Å². The van der Waals surface area contributed by atoms with Gasteiger partial charge in [0.15, 0.2) is 5.11 Å². The summed E-state index contributed by atoms with van der Waals surface area (Å²) in [6.45, 7) is 5.18. The van der Waals surface area contributed by atoms with E-state index in [4.69, 9.17) is 17.0 Å². The Labute approximate surface area is 161 Å². The maximum Gasteiger partial charge on any atom is 0.170 e. The van der Waals surface area contributed by atoms with Gasteiger partial charge in [-0.2, -0.15) is 0 Å². The summed E-state index contributed by atoms with van der Waals surface area (Å²) in [5.41, 5.74) is 3.61. The lowest BCUT2D eigenvalue weighted by Crippen LogP contribution is -2.34. The second-order valence-corrected chi connectivity index (χ2v) is 7.10. The van der Waals surface area contributed by atoms with Crippen molar-refractivity contribution in [3.05, 3.63) is 54.1 Å². The molecule has 26 heavy (non-hydrogen) atoms. The summed E-state index contributed by atoms with van der Waals surface area (Å²) in [5, 5.41) is 7.36. The van der Waals surface area contributed by atoms with E-state index in [1.807, 2.05) is 18.2 Å². The van der Waals surface area contributed by atoms with Crippen LogP contribution in [0.1, 0.15) is 18.9 Å². The maximum absolute atomic E-state index is 5.45. The molecule has 2 aromatic rings. The first kappa shape index (κ1) is 18.5. The Balaban J connectivity index is 1.45. The monoisotopic (exact) mass is 369 g/mol. The van der Waals surface area contributed by atoms with Gasteiger partial charge in [-0.1, -0.05) is 19.1 Å². The molecule has 0 unspecified atom stereocenters. The fraction of sp³-hybridized carbons (Fsp3) is 0.381. The van der Waals surface area contributed by atoms with Gasteiger partial charge in [-0.25, -0.2) is 0 Å². The molecule has 0 aliphatic carbocycles. The van der Waals surface area contributed by atoms with Crippen molar-refractivity contribution in [2.45, 2.75) is 19.8 Å². The Morgan fingerprint density at radius 1 is 1.23 bits per heavy atom. The average molecular weight is 370 g/mol. The van der Waals surface area contributed by atoms with Gasteiger partial charge in [-0.05, 0) is 72.9 Å². The van der Waals surface area contributed by atoms with Crippen molar-refractivity contribution in [2.75, 3.05) is 37.0 Å². The zero-order chi connectivity index (χ0) is 18.4. The molecule has 0 amide bonds. The van der Waals surface area contributed by atoms with E-state index in [2.05, 4.69) is 52.8 Å². The van der Waals surface area contributed by atoms with Crippen molar-refractivity contribution in [3.63, 3.8) is 0 Å². The van der Waals surface area contributed by atoms with Crippen LogP contribution in [0.3, 0.4) is 0 Å². The van der Waals surface area contributed by atoms with Gasteiger partial charge in [-0.15, -0.1) is 0 Å². The van der Waals surface area contributed by atoms with E-state index in [1.165, 1.54) is 17.7 Å². The first-order valence-corrected chi connectivity index (χ1v) is 9.61. The number of hydrogen-bond acceptors (Lipinski definition) is 3. The number of benzene rings is 2. The predicted octanol–water partition coefficient (Wildman–Crippen LogP) is 4.07. The Bertz CT molecular complexity index is 732. The van der Waals surface area contributed by atoms with Crippen molar-refractivity contribution in [1.82, 2.24) is 5.32 Å². The van der Waals surface area contributed by atoms with Crippen molar-refractivity contribution < 1.29 is 4.74 Å². The van der Waals surface area contributed by atoms with Gasteiger partial charge in [0.25, 0.3) is 0 Å². The molecule has 2 aromatic carbocycles. The van der Waals surface area contributed by atoms with Crippen LogP contribution in [-0.4, -0.2) is 31.9 Å². The highest BCUT2D eigenvalue weighted by atomic mass is 32.1. The van der Waals surface area contributed by atoms with Crippen molar-refractivity contribution in [1.29, 1.82) is 0 Å². The number of methoxy groups -OCH3 is 1. The summed E-state index contributed by atoms with van der Waals surface area (Å²) >= 11 is 5.45. The Morgan fingerprint density at radius 2 is 2.04 bits per heavy atom. The van der Waals surface area contributed by atoms with Crippen LogP contribution < -0.4 is 20.3 Å². The van der Waals surface area contributed by atoms with E-state index >= 15 is 0 Å². The first-order chi connectivity index (χ1) is 12.7. The number of thiocarbonyl (C=S) groups is 1. The lowest BCUT2D eigenvalue weighted by molar-refractivity contribution is 0.415. The second-order valence-electron chi connectivity index (χ2n) is 6.69. The predicted molar refractivity (Wildman–Crippen MR) is 113 cm³/mol. The van der Waals surface area contributed by atoms with Gasteiger partial charge in [0, 0.05) is 31.0 Å². The highest BCUT2D eigenvalue weighted by Gasteiger charge is 2.22. The quantitative estimate of drug-likeness (QED) is 0.751. The van der Waals surface area contributed by atoms with Gasteiger partial charge in [-0.3, -0.25) is 0 Å². The minimum atomic E-state index is 0.596. The smallest absolute Gasteiger partial charge is 0.170 e. The highest BCUT2D eigenvalue weighted by molar-refractivity contribution is 7.80. The molecule has 1 atom stereocenters. The number of hydrogen-bond donors (Lipinski definition) is 2. The molecule has 2 N–H and O–H groups in total. The van der Waals surface area contributed by atoms with E-state index in [0.29, 0.717) is 11.0 Å². The largest absolute Gasteiger partial charge is 0.497 e. The minimum absolute atomic E-state index is 0.596. The molecular formula is C21H27N3OS. The molecule has 3 rings (SSSR count). The molecule has 138 valence electrons. The van der Waals surface area contributed by atoms with Gasteiger partial charge in [0.1, 0.15) is 5.75 Å². The number of aryl methyl sites for hydroxylation is 1. The molecule has 0 spiro atoms. The van der Waals surface area contributed by atoms with Crippen LogP contribution in [0, 0.1) is 5.92 Å². The molecule has 1 aliphatic heterocycles. The van der Waals surface area contributed by atoms with Gasteiger partial charge in [0.2, 0.25) is 0 Å². The van der Waals surface area contributed by atoms with Crippen molar-refractivity contribution in [3.8, 4) is 5.75 Å². The zero-order valence-electron chi connectivity index (χ0n) is 15.5. The number of anilines is 2. The third-order valence-electron chi connectivity index (χ3n) is 4.87. The normalized spacial score (nSPS) is 16.4. The molecular weight excluding hydrogens is 342 g/mol. The topological polar surface area (TPSA) is 36.5 Å². The molecule has 1 heterocycles. The van der Waals surface area contributed by atoms with E-state index in [1.54, 1.807) is 7.11 Å². The zero-order valence-corrected chi connectivity index (χ0v) is 16.3. The van der Waals surface area contributed by atoms with E-state index in [9.17, 15) is 0 Å². The van der Waals surface area contributed by atoms with Crippen LogP contribution in [0.4, 0.5) is 11.4 Å². The molecule has 5 heteroatoms. The molecule has 0 aromatic heterocycles. The summed E-state index contributed by atoms with van der Waals surface area (Å²) < 4.78 is 5.23. The number of nitrogens with zero attached hydrogens (tertiary/aromatic N) is 1. The summed E-state index contributed by atoms with van der Waals surface area (Å²) in [6, 6.07) is 16.7. The van der Waals surface area contributed by atoms with Gasteiger partial charge in [0.05, 0.1) is 7.11 Å². The van der Waals surface area contributed by atoms with Gasteiger partial charge >= 0.3 is 0 Å². The van der Waals surface area contributed by atoms with E-state index in [-0.39, 0.29) is 0 Å². The lowest BCUT2D eigenvalue weighted by atomic mass is 10.1. The lowest BCUT2D eigenvalue weighted by Gasteiger charge is -2.19. The Kier molecular flexibility index (Phi) is 6.34. The summed E-state index contributed by atoms with van der Waals surface area (Å²) in [7, 11) is 1.70. The molecule has 1 fully saturated rings. The summed E-state index contributed by atoms with van der Waals surface area (Å²) in [5.74, 6) is 1.49. The SMILES string of the molecule is CCc1cccc(NC(=S)NC[C@H]2CCN(c3ccc(OC)cc3)C2)c1. The first-order valence-electron chi connectivity index (χ1n) is 9.20.